The van der Waals surface area contributed by atoms with Crippen molar-refractivity contribution in [3.8, 4) is 0 Å². The van der Waals surface area contributed by atoms with Crippen LogP contribution < -0.4 is 11.1 Å². The molecule has 1 aromatic carbocycles. The zero-order valence-electron chi connectivity index (χ0n) is 12.2. The molecule has 3 rings (SSSR count). The van der Waals surface area contributed by atoms with Gasteiger partial charge in [-0.25, -0.2) is 0 Å². The molecule has 0 spiro atoms. The van der Waals surface area contributed by atoms with Gasteiger partial charge in [-0.3, -0.25) is 29.4 Å². The molecule has 0 aliphatic carbocycles. The SMILES string of the molecule is NCCSc1ccc2c(c1)C(=O)N(C1CCC(=O)NC1=O)C2=O. The Hall–Kier alpha value is -2.19. The molecule has 1 fully saturated rings. The van der Waals surface area contributed by atoms with E-state index >= 15 is 0 Å². The van der Waals surface area contributed by atoms with Crippen molar-refractivity contribution >= 4 is 35.4 Å². The first-order chi connectivity index (χ1) is 11.0. The molecule has 23 heavy (non-hydrogen) atoms. The van der Waals surface area contributed by atoms with Gasteiger partial charge >= 0.3 is 0 Å². The first kappa shape index (κ1) is 15.7. The number of hydrogen-bond acceptors (Lipinski definition) is 6. The molecule has 2 heterocycles. The van der Waals surface area contributed by atoms with E-state index in [1.54, 1.807) is 18.2 Å². The summed E-state index contributed by atoms with van der Waals surface area (Å²) in [6.07, 6.45) is 0.270. The summed E-state index contributed by atoms with van der Waals surface area (Å²) in [6.45, 7) is 0.511. The Morgan fingerprint density at radius 3 is 2.61 bits per heavy atom. The standard InChI is InChI=1S/C15H15N3O4S/c16-5-6-23-8-1-2-9-10(7-8)15(22)18(14(9)21)11-3-4-12(19)17-13(11)20/h1-2,7,11H,3-6,16H2,(H,17,19,20). The second kappa shape index (κ2) is 6.13. The molecule has 0 radical (unpaired) electrons. The number of imide groups is 2. The largest absolute Gasteiger partial charge is 0.330 e. The van der Waals surface area contributed by atoms with Gasteiger partial charge in [0.1, 0.15) is 6.04 Å². The molecule has 0 bridgehead atoms. The number of hydrogen-bond donors (Lipinski definition) is 2. The maximum atomic E-state index is 12.6. The number of nitrogens with two attached hydrogens (primary N) is 1. The summed E-state index contributed by atoms with van der Waals surface area (Å²) >= 11 is 1.50. The number of piperidine rings is 1. The highest BCUT2D eigenvalue weighted by Crippen LogP contribution is 2.30. The fourth-order valence-electron chi connectivity index (χ4n) is 2.72. The van der Waals surface area contributed by atoms with Gasteiger partial charge in [0.2, 0.25) is 11.8 Å². The van der Waals surface area contributed by atoms with Crippen LogP contribution in [0.15, 0.2) is 23.1 Å². The van der Waals surface area contributed by atoms with Crippen LogP contribution in [0.4, 0.5) is 0 Å². The number of carbonyl (C=O) groups excluding carboxylic acids is 4. The van der Waals surface area contributed by atoms with E-state index < -0.39 is 23.8 Å². The van der Waals surface area contributed by atoms with Crippen molar-refractivity contribution in [1.29, 1.82) is 0 Å². The van der Waals surface area contributed by atoms with Gasteiger partial charge < -0.3 is 5.73 Å². The predicted octanol–water partition coefficient (Wildman–Crippen LogP) is 0.139. The van der Waals surface area contributed by atoms with Gasteiger partial charge in [0.05, 0.1) is 11.1 Å². The molecule has 4 amide bonds. The van der Waals surface area contributed by atoms with Crippen molar-refractivity contribution in [3.63, 3.8) is 0 Å². The number of carbonyl (C=O) groups is 4. The van der Waals surface area contributed by atoms with Crippen molar-refractivity contribution in [3.05, 3.63) is 29.3 Å². The molecule has 8 heteroatoms. The summed E-state index contributed by atoms with van der Waals surface area (Å²) in [4.78, 5) is 50.0. The van der Waals surface area contributed by atoms with Gasteiger partial charge in [-0.05, 0) is 24.6 Å². The van der Waals surface area contributed by atoms with Gasteiger partial charge in [0.15, 0.2) is 0 Å². The highest BCUT2D eigenvalue weighted by atomic mass is 32.2. The quantitative estimate of drug-likeness (QED) is 0.599. The molecule has 1 atom stereocenters. The lowest BCUT2D eigenvalue weighted by Gasteiger charge is -2.27. The summed E-state index contributed by atoms with van der Waals surface area (Å²) in [5.41, 5.74) is 6.04. The van der Waals surface area contributed by atoms with Gasteiger partial charge in [0.25, 0.3) is 11.8 Å². The van der Waals surface area contributed by atoms with Crippen molar-refractivity contribution in [2.24, 2.45) is 5.73 Å². The predicted molar refractivity (Wildman–Crippen MR) is 82.9 cm³/mol. The third-order valence-corrected chi connectivity index (χ3v) is 4.82. The molecule has 2 aliphatic heterocycles. The molecule has 120 valence electrons. The zero-order chi connectivity index (χ0) is 16.6. The molecule has 3 N–H and O–H groups in total. The molecule has 1 aromatic rings. The Labute approximate surface area is 136 Å². The van der Waals surface area contributed by atoms with Gasteiger partial charge in [-0.15, -0.1) is 11.8 Å². The van der Waals surface area contributed by atoms with Gasteiger partial charge in [0, 0.05) is 23.6 Å². The minimum atomic E-state index is -0.930. The number of amides is 4. The van der Waals surface area contributed by atoms with E-state index in [0.717, 1.165) is 9.80 Å². The molecule has 7 nitrogen and oxygen atoms in total. The Balaban J connectivity index is 1.88. The van der Waals surface area contributed by atoms with Crippen LogP contribution in [-0.4, -0.2) is 46.9 Å². The van der Waals surface area contributed by atoms with E-state index in [0.29, 0.717) is 17.9 Å². The summed E-state index contributed by atoms with van der Waals surface area (Å²) < 4.78 is 0. The van der Waals surface area contributed by atoms with E-state index in [9.17, 15) is 19.2 Å². The second-order valence-corrected chi connectivity index (χ2v) is 6.46. The van der Waals surface area contributed by atoms with Crippen LogP contribution in [0.1, 0.15) is 33.6 Å². The first-order valence-corrected chi connectivity index (χ1v) is 8.20. The fraction of sp³-hybridized carbons (Fsp3) is 0.333. The van der Waals surface area contributed by atoms with E-state index in [1.165, 1.54) is 11.8 Å². The van der Waals surface area contributed by atoms with Crippen molar-refractivity contribution < 1.29 is 19.2 Å². The summed E-state index contributed by atoms with van der Waals surface area (Å²) in [5.74, 6) is -1.26. The van der Waals surface area contributed by atoms with Gasteiger partial charge in [-0.2, -0.15) is 0 Å². The number of benzene rings is 1. The third-order valence-electron chi connectivity index (χ3n) is 3.80. The van der Waals surface area contributed by atoms with Crippen LogP contribution in [0.3, 0.4) is 0 Å². The maximum Gasteiger partial charge on any atom is 0.262 e. The van der Waals surface area contributed by atoms with Crippen LogP contribution >= 0.6 is 11.8 Å². The van der Waals surface area contributed by atoms with Crippen molar-refractivity contribution in [1.82, 2.24) is 10.2 Å². The van der Waals surface area contributed by atoms with E-state index in [1.807, 2.05) is 0 Å². The number of thioether (sulfide) groups is 1. The van der Waals surface area contributed by atoms with Crippen molar-refractivity contribution in [2.75, 3.05) is 12.3 Å². The average molecular weight is 333 g/mol. The molecular formula is C15H15N3O4S. The summed E-state index contributed by atoms with van der Waals surface area (Å²) in [6, 6.07) is 4.08. The highest BCUT2D eigenvalue weighted by molar-refractivity contribution is 7.99. The fourth-order valence-corrected chi connectivity index (χ4v) is 3.44. The molecular weight excluding hydrogens is 318 g/mol. The molecule has 1 unspecified atom stereocenters. The topological polar surface area (TPSA) is 110 Å². The maximum absolute atomic E-state index is 12.6. The number of nitrogens with one attached hydrogen (secondary N) is 1. The Bertz CT molecular complexity index is 719. The van der Waals surface area contributed by atoms with Crippen LogP contribution in [0, 0.1) is 0 Å². The molecule has 2 aliphatic rings. The average Bonchev–Trinajstić information content (AvgIpc) is 2.77. The monoisotopic (exact) mass is 333 g/mol. The van der Waals surface area contributed by atoms with Crippen molar-refractivity contribution in [2.45, 2.75) is 23.8 Å². The molecule has 0 aromatic heterocycles. The Kier molecular flexibility index (Phi) is 4.18. The lowest BCUT2D eigenvalue weighted by atomic mass is 10.0. The van der Waals surface area contributed by atoms with E-state index in [4.69, 9.17) is 5.73 Å². The number of rotatable bonds is 4. The Morgan fingerprint density at radius 2 is 1.91 bits per heavy atom. The Morgan fingerprint density at radius 1 is 1.17 bits per heavy atom. The van der Waals surface area contributed by atoms with Gasteiger partial charge in [-0.1, -0.05) is 0 Å². The smallest absolute Gasteiger partial charge is 0.262 e. The zero-order valence-corrected chi connectivity index (χ0v) is 13.0. The van der Waals surface area contributed by atoms with Crippen LogP contribution in [0.5, 0.6) is 0 Å². The highest BCUT2D eigenvalue weighted by Gasteiger charge is 2.44. The lowest BCUT2D eigenvalue weighted by Crippen LogP contribution is -2.54. The number of fused-ring (bicyclic) bond motifs is 1. The normalized spacial score (nSPS) is 20.7. The first-order valence-electron chi connectivity index (χ1n) is 7.21. The minimum Gasteiger partial charge on any atom is -0.330 e. The number of nitrogens with zero attached hydrogens (tertiary/aromatic N) is 1. The molecule has 0 saturated carbocycles. The van der Waals surface area contributed by atoms with Crippen LogP contribution in [0.2, 0.25) is 0 Å². The molecule has 1 saturated heterocycles. The summed E-state index contributed by atoms with van der Waals surface area (Å²) in [7, 11) is 0. The lowest BCUT2D eigenvalue weighted by molar-refractivity contribution is -0.136. The minimum absolute atomic E-state index is 0.113. The van der Waals surface area contributed by atoms with E-state index in [-0.39, 0.29) is 24.3 Å². The summed E-state index contributed by atoms with van der Waals surface area (Å²) in [5, 5.41) is 2.17. The second-order valence-electron chi connectivity index (χ2n) is 5.29. The van der Waals surface area contributed by atoms with Crippen LogP contribution in [0.25, 0.3) is 0 Å². The third kappa shape index (κ3) is 2.75. The van der Waals surface area contributed by atoms with E-state index in [2.05, 4.69) is 5.32 Å². The van der Waals surface area contributed by atoms with Crippen LogP contribution in [-0.2, 0) is 9.59 Å².